The van der Waals surface area contributed by atoms with Crippen LogP contribution in [0.3, 0.4) is 0 Å². The Labute approximate surface area is 70.4 Å². The number of nitroso groups, excluding NO2 is 1. The highest BCUT2D eigenvalue weighted by molar-refractivity contribution is 6.21. The number of halogens is 1. The second kappa shape index (κ2) is 3.88. The lowest BCUT2D eigenvalue weighted by molar-refractivity contribution is -0.0521. The summed E-state index contributed by atoms with van der Waals surface area (Å²) in [6.45, 7) is 0.644. The van der Waals surface area contributed by atoms with Crippen molar-refractivity contribution in [1.82, 2.24) is 5.01 Å². The summed E-state index contributed by atoms with van der Waals surface area (Å²) < 4.78 is 5.01. The summed E-state index contributed by atoms with van der Waals surface area (Å²) >= 11 is 5.89. The molecule has 0 aromatic carbocycles. The van der Waals surface area contributed by atoms with Gasteiger partial charge in [-0.25, -0.2) is 5.01 Å². The Hall–Kier alpha value is -0.350. The Morgan fingerprint density at radius 2 is 2.45 bits per heavy atom. The lowest BCUT2D eigenvalue weighted by atomic mass is 10.1. The summed E-state index contributed by atoms with van der Waals surface area (Å²) in [7, 11) is 1.53. The smallest absolute Gasteiger partial charge is 0.164 e. The van der Waals surface area contributed by atoms with E-state index in [1.165, 1.54) is 12.1 Å². The van der Waals surface area contributed by atoms with Crippen molar-refractivity contribution in [2.45, 2.75) is 24.4 Å². The Balaban J connectivity index is 2.55. The van der Waals surface area contributed by atoms with E-state index in [4.69, 9.17) is 16.3 Å². The summed E-state index contributed by atoms with van der Waals surface area (Å²) in [5.74, 6) is 0. The van der Waals surface area contributed by atoms with Crippen LogP contribution >= 0.6 is 11.6 Å². The summed E-state index contributed by atoms with van der Waals surface area (Å²) in [5, 5.41) is 4.05. The molecule has 1 aliphatic heterocycles. The molecule has 0 aliphatic carbocycles. The zero-order valence-corrected chi connectivity index (χ0v) is 7.12. The molecular weight excluding hydrogens is 168 g/mol. The van der Waals surface area contributed by atoms with Crippen LogP contribution in [-0.4, -0.2) is 30.3 Å². The molecule has 0 aromatic rings. The van der Waals surface area contributed by atoms with Crippen LogP contribution in [0.4, 0.5) is 0 Å². The molecular formula is C6H11ClN2O2. The van der Waals surface area contributed by atoms with Crippen molar-refractivity contribution in [2.24, 2.45) is 5.29 Å². The predicted molar refractivity (Wildman–Crippen MR) is 42.2 cm³/mol. The van der Waals surface area contributed by atoms with Gasteiger partial charge in [0, 0.05) is 13.7 Å². The summed E-state index contributed by atoms with van der Waals surface area (Å²) in [6, 6.07) is 0. The zero-order chi connectivity index (χ0) is 8.27. The van der Waals surface area contributed by atoms with Crippen molar-refractivity contribution in [3.63, 3.8) is 0 Å². The van der Waals surface area contributed by atoms with Crippen LogP contribution in [0.5, 0.6) is 0 Å². The van der Waals surface area contributed by atoms with Crippen LogP contribution in [0.15, 0.2) is 5.29 Å². The maximum absolute atomic E-state index is 10.2. The van der Waals surface area contributed by atoms with Crippen molar-refractivity contribution >= 4 is 11.6 Å². The van der Waals surface area contributed by atoms with Gasteiger partial charge in [0.25, 0.3) is 0 Å². The maximum Gasteiger partial charge on any atom is 0.164 e. The van der Waals surface area contributed by atoms with Gasteiger partial charge in [0.1, 0.15) is 0 Å². The molecule has 0 saturated carbocycles. The minimum atomic E-state index is -0.345. The SMILES string of the molecule is COC1C(Cl)CCCN1N=O. The number of alkyl halides is 1. The predicted octanol–water partition coefficient (Wildman–Crippen LogP) is 1.34. The normalized spacial score (nSPS) is 32.0. The Morgan fingerprint density at radius 3 is 2.91 bits per heavy atom. The van der Waals surface area contributed by atoms with Gasteiger partial charge in [-0.15, -0.1) is 16.5 Å². The van der Waals surface area contributed by atoms with Gasteiger partial charge in [-0.05, 0) is 12.8 Å². The Kier molecular flexibility index (Phi) is 3.08. The first-order valence-corrected chi connectivity index (χ1v) is 4.00. The highest BCUT2D eigenvalue weighted by atomic mass is 35.5. The van der Waals surface area contributed by atoms with Crippen LogP contribution in [-0.2, 0) is 4.74 Å². The third kappa shape index (κ3) is 1.81. The first kappa shape index (κ1) is 8.74. The molecule has 2 unspecified atom stereocenters. The van der Waals surface area contributed by atoms with E-state index in [1.807, 2.05) is 0 Å². The molecule has 1 saturated heterocycles. The molecule has 0 N–H and O–H groups in total. The van der Waals surface area contributed by atoms with Gasteiger partial charge < -0.3 is 4.74 Å². The van der Waals surface area contributed by atoms with E-state index >= 15 is 0 Å². The van der Waals surface area contributed by atoms with E-state index < -0.39 is 0 Å². The van der Waals surface area contributed by atoms with Crippen molar-refractivity contribution in [2.75, 3.05) is 13.7 Å². The summed E-state index contributed by atoms with van der Waals surface area (Å²) in [4.78, 5) is 10.2. The van der Waals surface area contributed by atoms with Crippen molar-refractivity contribution in [1.29, 1.82) is 0 Å². The van der Waals surface area contributed by atoms with Crippen molar-refractivity contribution < 1.29 is 4.74 Å². The fraction of sp³-hybridized carbons (Fsp3) is 1.00. The molecule has 0 amide bonds. The van der Waals surface area contributed by atoms with Crippen molar-refractivity contribution in [3.8, 4) is 0 Å². The molecule has 1 heterocycles. The average molecular weight is 179 g/mol. The minimum Gasteiger partial charge on any atom is -0.358 e. The van der Waals surface area contributed by atoms with Gasteiger partial charge in [-0.2, -0.15) is 0 Å². The van der Waals surface area contributed by atoms with Crippen LogP contribution in [0.1, 0.15) is 12.8 Å². The summed E-state index contributed by atoms with van der Waals surface area (Å²) in [5.41, 5.74) is 0. The van der Waals surface area contributed by atoms with Crippen LogP contribution in [0, 0.1) is 4.91 Å². The van der Waals surface area contributed by atoms with Gasteiger partial charge in [0.15, 0.2) is 6.23 Å². The van der Waals surface area contributed by atoms with Crippen molar-refractivity contribution in [3.05, 3.63) is 4.91 Å². The average Bonchev–Trinajstić information content (AvgIpc) is 2.04. The number of hydrogen-bond acceptors (Lipinski definition) is 3. The van der Waals surface area contributed by atoms with E-state index in [9.17, 15) is 4.91 Å². The molecule has 1 aliphatic rings. The third-order valence-electron chi connectivity index (χ3n) is 1.82. The molecule has 1 fully saturated rings. The molecule has 1 rings (SSSR count). The highest BCUT2D eigenvalue weighted by Crippen LogP contribution is 2.22. The van der Waals surface area contributed by atoms with E-state index in [0.717, 1.165) is 12.8 Å². The molecule has 0 bridgehead atoms. The van der Waals surface area contributed by atoms with E-state index in [-0.39, 0.29) is 11.6 Å². The number of piperidine rings is 1. The molecule has 64 valence electrons. The largest absolute Gasteiger partial charge is 0.358 e. The number of nitrogens with zero attached hydrogens (tertiary/aromatic N) is 2. The molecule has 5 heteroatoms. The Bertz CT molecular complexity index is 145. The standard InChI is InChI=1S/C6H11ClN2O2/c1-11-6-5(7)3-2-4-9(6)8-10/h5-6H,2-4H2,1H3. The quantitative estimate of drug-likeness (QED) is 0.474. The minimum absolute atomic E-state index is 0.119. The van der Waals surface area contributed by atoms with E-state index in [2.05, 4.69) is 5.29 Å². The number of ether oxygens (including phenoxy) is 1. The second-order valence-electron chi connectivity index (χ2n) is 2.53. The number of rotatable bonds is 2. The highest BCUT2D eigenvalue weighted by Gasteiger charge is 2.29. The molecule has 11 heavy (non-hydrogen) atoms. The first-order chi connectivity index (χ1) is 5.29. The van der Waals surface area contributed by atoms with Crippen LogP contribution in [0.25, 0.3) is 0 Å². The molecule has 2 atom stereocenters. The zero-order valence-electron chi connectivity index (χ0n) is 6.36. The lowest BCUT2D eigenvalue weighted by Gasteiger charge is -2.32. The number of methoxy groups -OCH3 is 1. The molecule has 0 radical (unpaired) electrons. The van der Waals surface area contributed by atoms with Gasteiger partial charge in [0.2, 0.25) is 0 Å². The topological polar surface area (TPSA) is 41.9 Å². The van der Waals surface area contributed by atoms with Gasteiger partial charge in [-0.3, -0.25) is 0 Å². The maximum atomic E-state index is 10.2. The van der Waals surface area contributed by atoms with Crippen LogP contribution < -0.4 is 0 Å². The molecule has 4 nitrogen and oxygen atoms in total. The van der Waals surface area contributed by atoms with Gasteiger partial charge >= 0.3 is 0 Å². The monoisotopic (exact) mass is 178 g/mol. The molecule has 0 spiro atoms. The molecule has 0 aromatic heterocycles. The lowest BCUT2D eigenvalue weighted by Crippen LogP contribution is -2.43. The van der Waals surface area contributed by atoms with Gasteiger partial charge in [-0.1, -0.05) is 0 Å². The fourth-order valence-corrected chi connectivity index (χ4v) is 1.65. The first-order valence-electron chi connectivity index (χ1n) is 3.56. The third-order valence-corrected chi connectivity index (χ3v) is 2.25. The summed E-state index contributed by atoms with van der Waals surface area (Å²) in [6.07, 6.45) is 1.44. The van der Waals surface area contributed by atoms with Gasteiger partial charge in [0.05, 0.1) is 10.7 Å². The number of hydrogen-bond donors (Lipinski definition) is 0. The van der Waals surface area contributed by atoms with E-state index in [1.54, 1.807) is 0 Å². The van der Waals surface area contributed by atoms with Crippen LogP contribution in [0.2, 0.25) is 0 Å². The second-order valence-corrected chi connectivity index (χ2v) is 3.09. The Morgan fingerprint density at radius 1 is 1.73 bits per heavy atom. The van der Waals surface area contributed by atoms with E-state index in [0.29, 0.717) is 6.54 Å². The fourth-order valence-electron chi connectivity index (χ4n) is 1.26.